The number of fused-ring (bicyclic) bond motifs is 6. The van der Waals surface area contributed by atoms with E-state index in [1.165, 1.54) is 84.6 Å². The van der Waals surface area contributed by atoms with Gasteiger partial charge < -0.3 is 20.0 Å². The first kappa shape index (κ1) is 48.8. The van der Waals surface area contributed by atoms with Crippen LogP contribution in [-0.4, -0.2) is 34.2 Å². The van der Waals surface area contributed by atoms with Crippen LogP contribution in [0.5, 0.6) is 0 Å². The van der Waals surface area contributed by atoms with E-state index in [-0.39, 0.29) is 11.1 Å². The molecule has 2 aliphatic carbocycles. The topological polar surface area (TPSA) is 129 Å². The number of aliphatic carboxylic acids is 2. The average molecular weight is 991 g/mol. The molecule has 2 heterocycles. The zero-order valence-corrected chi connectivity index (χ0v) is 41.8. The van der Waals surface area contributed by atoms with Gasteiger partial charge in [0.15, 0.2) is 0 Å². The van der Waals surface area contributed by atoms with E-state index in [1.54, 1.807) is 12.1 Å². The zero-order chi connectivity index (χ0) is 52.1. The highest BCUT2D eigenvalue weighted by Gasteiger charge is 2.43. The van der Waals surface area contributed by atoms with Crippen molar-refractivity contribution >= 4 is 95.4 Å². The fraction of sp³-hybridized carbons (Fsp3) is 0.147. The Kier molecular flexibility index (Phi) is 13.8. The summed E-state index contributed by atoms with van der Waals surface area (Å²) in [6.45, 7) is 0. The van der Waals surface area contributed by atoms with Crippen LogP contribution in [0.2, 0.25) is 0 Å². The maximum Gasteiger partial charge on any atom is 0.346 e. The summed E-state index contributed by atoms with van der Waals surface area (Å²) in [5.74, 6) is -1.47. The predicted octanol–water partition coefficient (Wildman–Crippen LogP) is 15.9. The van der Waals surface area contributed by atoms with Gasteiger partial charge in [0.05, 0.1) is 0 Å². The van der Waals surface area contributed by atoms with E-state index < -0.39 is 11.9 Å². The largest absolute Gasteiger partial charge is 0.477 e. The van der Waals surface area contributed by atoms with Gasteiger partial charge in [-0.2, -0.15) is 10.5 Å². The van der Waals surface area contributed by atoms with Gasteiger partial charge in [0.25, 0.3) is 0 Å². The smallest absolute Gasteiger partial charge is 0.346 e. The van der Waals surface area contributed by atoms with Crippen molar-refractivity contribution < 1.29 is 19.8 Å². The summed E-state index contributed by atoms with van der Waals surface area (Å²) in [6.07, 6.45) is 27.0. The van der Waals surface area contributed by atoms with Crippen LogP contribution in [0.1, 0.15) is 117 Å². The van der Waals surface area contributed by atoms with Gasteiger partial charge in [0.2, 0.25) is 0 Å². The molecule has 4 atom stereocenters. The van der Waals surface area contributed by atoms with Crippen molar-refractivity contribution in [2.45, 2.75) is 62.4 Å². The minimum Gasteiger partial charge on any atom is -0.477 e. The minimum absolute atomic E-state index is 0.289. The van der Waals surface area contributed by atoms with Crippen LogP contribution in [0.4, 0.5) is 22.7 Å². The van der Waals surface area contributed by atoms with E-state index in [0.717, 1.165) is 44.5 Å². The Morgan fingerprint density at radius 1 is 0.408 bits per heavy atom. The van der Waals surface area contributed by atoms with Crippen molar-refractivity contribution in [2.75, 3.05) is 9.80 Å². The van der Waals surface area contributed by atoms with Crippen LogP contribution in [0, 0.1) is 22.7 Å². The second kappa shape index (κ2) is 21.5. The van der Waals surface area contributed by atoms with Crippen LogP contribution in [0.3, 0.4) is 0 Å². The number of rotatable bonds is 14. The molecule has 0 radical (unpaired) electrons. The Balaban J connectivity index is 0.720. The summed E-state index contributed by atoms with van der Waals surface area (Å²) in [6, 6.07) is 59.5. The van der Waals surface area contributed by atoms with Crippen molar-refractivity contribution in [1.82, 2.24) is 0 Å². The summed E-state index contributed by atoms with van der Waals surface area (Å²) in [5, 5.41) is 36.6. The summed E-state index contributed by atoms with van der Waals surface area (Å²) in [4.78, 5) is 27.6. The van der Waals surface area contributed by atoms with Crippen molar-refractivity contribution in [3.63, 3.8) is 0 Å². The third kappa shape index (κ3) is 10.4. The second-order valence-electron chi connectivity index (χ2n) is 20.1. The van der Waals surface area contributed by atoms with Gasteiger partial charge in [-0.15, -0.1) is 0 Å². The van der Waals surface area contributed by atoms with Crippen molar-refractivity contribution in [3.8, 4) is 12.1 Å². The van der Waals surface area contributed by atoms with E-state index in [4.69, 9.17) is 10.5 Å². The van der Waals surface area contributed by atoms with Gasteiger partial charge in [-0.1, -0.05) is 165 Å². The first-order chi connectivity index (χ1) is 37.2. The molecule has 0 amide bonds. The lowest BCUT2D eigenvalue weighted by Gasteiger charge is -2.27. The second-order valence-corrected chi connectivity index (χ2v) is 20.1. The van der Waals surface area contributed by atoms with Crippen molar-refractivity contribution in [3.05, 3.63) is 236 Å². The number of anilines is 4. The first-order valence-corrected chi connectivity index (χ1v) is 26.0. The molecule has 8 nitrogen and oxygen atoms in total. The lowest BCUT2D eigenvalue weighted by Crippen LogP contribution is -2.26. The SMILES string of the molecule is N#C/C(=C\c1ccc(/C=C\c2ccc3c(c2)C2CCCC2N3c2ccc(/C=C\c3cccc(/C=C/c4ccc(N5c6ccc(/C=C\c7ccc(/C=C(\C#N)C(=O)O)cc7)cc6C6CCCC65)cc4)c3)cc2)cc1)C(=O)O. The Morgan fingerprint density at radius 2 is 0.724 bits per heavy atom. The predicted molar refractivity (Wildman–Crippen MR) is 308 cm³/mol. The number of nitrogens with zero attached hydrogens (tertiary/aromatic N) is 4. The fourth-order valence-corrected chi connectivity index (χ4v) is 11.7. The first-order valence-electron chi connectivity index (χ1n) is 26.0. The molecular weight excluding hydrogens is 937 g/mol. The summed E-state index contributed by atoms with van der Waals surface area (Å²) < 4.78 is 0. The monoisotopic (exact) mass is 990 g/mol. The molecule has 11 rings (SSSR count). The standard InChI is InChI=1S/C68H54N4O4/c69-43-55(67(73)74)39-51-20-12-45(13-21-51)16-24-53-30-36-65-61(41-53)59-6-2-8-63(59)71(65)57-32-26-47(27-33-57)10-18-49-4-1-5-50(38-49)19-11-48-28-34-58(35-29-48)72-64-9-3-7-60(64)62-42-54(31-37-66(62)72)25-17-46-14-22-52(23-15-46)40-56(44-70)68(75)76/h1,4-5,10-42,59-60,63-64H,2-3,6-9H2,(H,73,74)(H,75,76)/b18-10-,19-11+,24-16-,25-17-,55-39+,56-40+. The Hall–Kier alpha value is -9.50. The molecule has 76 heavy (non-hydrogen) atoms. The molecule has 4 unspecified atom stereocenters. The Bertz CT molecular complexity index is 3400. The Labute approximate surface area is 443 Å². The van der Waals surface area contributed by atoms with Gasteiger partial charge in [-0.25, -0.2) is 9.59 Å². The fourth-order valence-electron chi connectivity index (χ4n) is 11.7. The van der Waals surface area contributed by atoms with Crippen molar-refractivity contribution in [2.24, 2.45) is 0 Å². The number of hydrogen-bond donors (Lipinski definition) is 2. The highest BCUT2D eigenvalue weighted by Crippen LogP contribution is 2.54. The molecule has 0 spiro atoms. The maximum atomic E-state index is 11.2. The molecule has 2 fully saturated rings. The summed E-state index contributed by atoms with van der Waals surface area (Å²) >= 11 is 0. The average Bonchev–Trinajstić information content (AvgIpc) is 4.38. The van der Waals surface area contributed by atoms with E-state index in [0.29, 0.717) is 35.0 Å². The lowest BCUT2D eigenvalue weighted by molar-refractivity contribution is -0.133. The third-order valence-corrected chi connectivity index (χ3v) is 15.4. The summed E-state index contributed by atoms with van der Waals surface area (Å²) in [5.41, 5.74) is 17.5. The molecule has 4 aliphatic rings. The molecule has 0 saturated heterocycles. The molecule has 7 aromatic carbocycles. The molecular formula is C68H54N4O4. The number of benzene rings is 7. The number of carboxylic acids is 2. The zero-order valence-electron chi connectivity index (χ0n) is 41.8. The molecule has 0 aromatic heterocycles. The third-order valence-electron chi connectivity index (χ3n) is 15.4. The van der Waals surface area contributed by atoms with E-state index in [1.807, 2.05) is 48.5 Å². The molecule has 370 valence electrons. The van der Waals surface area contributed by atoms with Crippen LogP contribution in [0.25, 0.3) is 60.8 Å². The van der Waals surface area contributed by atoms with Crippen LogP contribution in [-0.2, 0) is 9.59 Å². The van der Waals surface area contributed by atoms with Gasteiger partial charge in [0.1, 0.15) is 23.3 Å². The van der Waals surface area contributed by atoms with E-state index in [9.17, 15) is 19.8 Å². The van der Waals surface area contributed by atoms with E-state index >= 15 is 0 Å². The van der Waals surface area contributed by atoms with Gasteiger partial charge in [-0.3, -0.25) is 0 Å². The van der Waals surface area contributed by atoms with Crippen LogP contribution in [0.15, 0.2) is 169 Å². The number of hydrogen-bond acceptors (Lipinski definition) is 6. The number of carbonyl (C=O) groups is 2. The molecule has 2 saturated carbocycles. The number of carboxylic acid groups (broad SMARTS) is 2. The minimum atomic E-state index is -1.23. The van der Waals surface area contributed by atoms with Gasteiger partial charge >= 0.3 is 11.9 Å². The van der Waals surface area contributed by atoms with Crippen molar-refractivity contribution in [1.29, 1.82) is 10.5 Å². The molecule has 8 heteroatoms. The highest BCUT2D eigenvalue weighted by molar-refractivity contribution is 5.97. The molecule has 2 N–H and O–H groups in total. The van der Waals surface area contributed by atoms with Crippen LogP contribution < -0.4 is 9.80 Å². The maximum absolute atomic E-state index is 11.2. The highest BCUT2D eigenvalue weighted by atomic mass is 16.4. The van der Waals surface area contributed by atoms with Crippen LogP contribution >= 0.6 is 0 Å². The van der Waals surface area contributed by atoms with E-state index in [2.05, 4.69) is 168 Å². The molecule has 2 aliphatic heterocycles. The lowest BCUT2D eigenvalue weighted by atomic mass is 9.95. The quantitative estimate of drug-likeness (QED) is 0.0626. The molecule has 7 aromatic rings. The Morgan fingerprint density at radius 3 is 1.08 bits per heavy atom. The summed E-state index contributed by atoms with van der Waals surface area (Å²) in [7, 11) is 0. The normalized spacial score (nSPS) is 18.8. The van der Waals surface area contributed by atoms with Gasteiger partial charge in [-0.05, 0) is 159 Å². The number of nitriles is 2. The van der Waals surface area contributed by atoms with Gasteiger partial charge in [0, 0.05) is 46.7 Å². The molecule has 0 bridgehead atoms.